The molecule has 1 N–H and O–H groups in total. The molecule has 2 aliphatic carbocycles. The number of carbonyl (C=O) groups is 1. The van der Waals surface area contributed by atoms with Gasteiger partial charge in [0.15, 0.2) is 0 Å². The van der Waals surface area contributed by atoms with Crippen molar-refractivity contribution in [3.05, 3.63) is 16.8 Å². The zero-order valence-corrected chi connectivity index (χ0v) is 18.8. The largest absolute Gasteiger partial charge is 0.313 e. The summed E-state index contributed by atoms with van der Waals surface area (Å²) < 4.78 is 54.9. The highest BCUT2D eigenvalue weighted by molar-refractivity contribution is 7.15. The Hall–Kier alpha value is -1.97. The van der Waals surface area contributed by atoms with E-state index in [2.05, 4.69) is 36.2 Å². The third-order valence-corrected chi connectivity index (χ3v) is 7.60. The summed E-state index contributed by atoms with van der Waals surface area (Å²) in [7, 11) is 1.68. The van der Waals surface area contributed by atoms with Crippen LogP contribution in [0.1, 0.15) is 69.4 Å². The average Bonchev–Trinajstić information content (AvgIpc) is 3.20. The zero-order valence-electron chi connectivity index (χ0n) is 17.9. The van der Waals surface area contributed by atoms with Crippen LogP contribution in [0.3, 0.4) is 0 Å². The molecular weight excluding hydrogens is 432 g/mol. The standard InChI is InChI=1S/C21H26F4N4OS/c1-19(2,3)18-26-10-13(31-18)16-15(11-6-5-7-11)17(29(4)28-16)27-14(30)8-12-9-20(22,23)21(12,24)25/h10-12H,5-9H2,1-4H3,(H,27,30)/t12-/m1/s1. The normalized spacial score (nSPS) is 22.6. The lowest BCUT2D eigenvalue weighted by Gasteiger charge is -2.43. The molecule has 0 aliphatic heterocycles. The van der Waals surface area contributed by atoms with E-state index in [1.807, 2.05) is 0 Å². The molecule has 2 aromatic rings. The fourth-order valence-corrected chi connectivity index (χ4v) is 5.01. The summed E-state index contributed by atoms with van der Waals surface area (Å²) in [6.07, 6.45) is 3.10. The van der Waals surface area contributed by atoms with Crippen LogP contribution in [0.15, 0.2) is 6.20 Å². The predicted octanol–water partition coefficient (Wildman–Crippen LogP) is 5.73. The maximum Gasteiger partial charge on any atom is 0.313 e. The Morgan fingerprint density at radius 2 is 1.97 bits per heavy atom. The van der Waals surface area contributed by atoms with E-state index in [9.17, 15) is 22.4 Å². The van der Waals surface area contributed by atoms with Crippen molar-refractivity contribution in [2.24, 2.45) is 13.0 Å². The van der Waals surface area contributed by atoms with Crippen LogP contribution < -0.4 is 5.32 Å². The molecule has 0 aromatic carbocycles. The minimum Gasteiger partial charge on any atom is -0.311 e. The van der Waals surface area contributed by atoms with Crippen LogP contribution in [-0.4, -0.2) is 32.5 Å². The van der Waals surface area contributed by atoms with Gasteiger partial charge in [0.2, 0.25) is 5.91 Å². The molecule has 0 unspecified atom stereocenters. The van der Waals surface area contributed by atoms with Gasteiger partial charge in [-0.25, -0.2) is 4.98 Å². The second kappa shape index (κ2) is 7.28. The number of nitrogens with one attached hydrogen (secondary N) is 1. The van der Waals surface area contributed by atoms with E-state index in [1.54, 1.807) is 24.6 Å². The number of hydrogen-bond acceptors (Lipinski definition) is 4. The van der Waals surface area contributed by atoms with Gasteiger partial charge in [0.05, 0.1) is 9.88 Å². The Morgan fingerprint density at radius 1 is 1.29 bits per heavy atom. The molecule has 2 saturated carbocycles. The van der Waals surface area contributed by atoms with Crippen molar-refractivity contribution in [2.75, 3.05) is 5.32 Å². The van der Waals surface area contributed by atoms with Crippen molar-refractivity contribution in [1.82, 2.24) is 14.8 Å². The fourth-order valence-electron chi connectivity index (χ4n) is 4.03. The fraction of sp³-hybridized carbons (Fsp3) is 0.667. The van der Waals surface area contributed by atoms with Crippen molar-refractivity contribution in [3.8, 4) is 10.6 Å². The second-order valence-electron chi connectivity index (χ2n) is 9.62. The average molecular weight is 459 g/mol. The maximum absolute atomic E-state index is 13.6. The van der Waals surface area contributed by atoms with Gasteiger partial charge in [0, 0.05) is 43.0 Å². The number of anilines is 1. The molecule has 0 bridgehead atoms. The number of thiazole rings is 1. The van der Waals surface area contributed by atoms with Gasteiger partial charge in [-0.1, -0.05) is 27.2 Å². The Balaban J connectivity index is 1.60. The van der Waals surface area contributed by atoms with Gasteiger partial charge in [-0.05, 0) is 18.8 Å². The monoisotopic (exact) mass is 458 g/mol. The maximum atomic E-state index is 13.6. The molecule has 0 radical (unpaired) electrons. The first-order chi connectivity index (χ1) is 14.3. The number of nitrogens with zero attached hydrogens (tertiary/aromatic N) is 3. The Kier molecular flexibility index (Phi) is 5.22. The number of carbonyl (C=O) groups excluding carboxylic acids is 1. The molecule has 10 heteroatoms. The van der Waals surface area contributed by atoms with E-state index in [1.165, 1.54) is 4.68 Å². The number of aromatic nitrogens is 3. The molecule has 2 aliphatic rings. The molecular formula is C21H26F4N4OS. The van der Waals surface area contributed by atoms with Crippen molar-refractivity contribution < 1.29 is 22.4 Å². The lowest BCUT2D eigenvalue weighted by Crippen LogP contribution is -2.59. The number of halogens is 4. The molecule has 1 amide bonds. The van der Waals surface area contributed by atoms with Crippen LogP contribution in [-0.2, 0) is 17.3 Å². The van der Waals surface area contributed by atoms with Crippen LogP contribution in [0.25, 0.3) is 10.6 Å². The van der Waals surface area contributed by atoms with Gasteiger partial charge in [0.25, 0.3) is 0 Å². The quantitative estimate of drug-likeness (QED) is 0.583. The number of alkyl halides is 4. The smallest absolute Gasteiger partial charge is 0.311 e. The van der Waals surface area contributed by atoms with Crippen molar-refractivity contribution >= 4 is 23.1 Å². The predicted molar refractivity (Wildman–Crippen MR) is 111 cm³/mol. The minimum atomic E-state index is -4.15. The van der Waals surface area contributed by atoms with Crippen LogP contribution in [0, 0.1) is 5.92 Å². The molecule has 31 heavy (non-hydrogen) atoms. The topological polar surface area (TPSA) is 59.8 Å². The Morgan fingerprint density at radius 3 is 2.45 bits per heavy atom. The summed E-state index contributed by atoms with van der Waals surface area (Å²) in [6.45, 7) is 6.23. The zero-order chi connectivity index (χ0) is 22.8. The number of amides is 1. The van der Waals surface area contributed by atoms with Gasteiger partial charge in [0.1, 0.15) is 11.5 Å². The lowest BCUT2D eigenvalue weighted by molar-refractivity contribution is -0.313. The molecule has 1 atom stereocenters. The van der Waals surface area contributed by atoms with Crippen LogP contribution in [0.2, 0.25) is 0 Å². The number of rotatable bonds is 5. The first-order valence-electron chi connectivity index (χ1n) is 10.4. The summed E-state index contributed by atoms with van der Waals surface area (Å²) >= 11 is 1.54. The summed E-state index contributed by atoms with van der Waals surface area (Å²) in [5, 5.41) is 8.25. The van der Waals surface area contributed by atoms with Gasteiger partial charge in [-0.2, -0.15) is 22.7 Å². The van der Waals surface area contributed by atoms with Crippen molar-refractivity contribution in [3.63, 3.8) is 0 Å². The van der Waals surface area contributed by atoms with E-state index in [0.717, 1.165) is 40.4 Å². The van der Waals surface area contributed by atoms with Crippen LogP contribution in [0.4, 0.5) is 23.4 Å². The third kappa shape index (κ3) is 3.76. The summed E-state index contributed by atoms with van der Waals surface area (Å²) in [6, 6.07) is 0. The van der Waals surface area contributed by atoms with E-state index in [4.69, 9.17) is 0 Å². The lowest BCUT2D eigenvalue weighted by atomic mass is 9.74. The first-order valence-corrected chi connectivity index (χ1v) is 11.2. The number of hydrogen-bond donors (Lipinski definition) is 1. The van der Waals surface area contributed by atoms with Crippen molar-refractivity contribution in [1.29, 1.82) is 0 Å². The molecule has 4 rings (SSSR count). The third-order valence-electron chi connectivity index (χ3n) is 6.17. The second-order valence-corrected chi connectivity index (χ2v) is 10.7. The Bertz CT molecular complexity index is 1000. The van der Waals surface area contributed by atoms with Crippen LogP contribution >= 0.6 is 11.3 Å². The molecule has 5 nitrogen and oxygen atoms in total. The number of aryl methyl sites for hydroxylation is 1. The van der Waals surface area contributed by atoms with Gasteiger partial charge in [-0.3, -0.25) is 9.48 Å². The molecule has 0 saturated heterocycles. The Labute approximate surface area is 182 Å². The highest BCUT2D eigenvalue weighted by Gasteiger charge is 2.71. The molecule has 2 aromatic heterocycles. The SMILES string of the molecule is Cn1nc(-c2cnc(C(C)(C)C)s2)c(C2CCC2)c1NC(=O)C[C@@H]1CC(F)(F)C1(F)F. The summed E-state index contributed by atoms with van der Waals surface area (Å²) in [4.78, 5) is 17.9. The van der Waals surface area contributed by atoms with E-state index < -0.39 is 36.5 Å². The van der Waals surface area contributed by atoms with Crippen molar-refractivity contribution in [2.45, 2.75) is 76.1 Å². The summed E-state index contributed by atoms with van der Waals surface area (Å²) in [5.41, 5.74) is 1.49. The highest BCUT2D eigenvalue weighted by Crippen LogP contribution is 2.56. The van der Waals surface area contributed by atoms with Gasteiger partial charge < -0.3 is 5.32 Å². The first kappa shape index (κ1) is 22.2. The van der Waals surface area contributed by atoms with E-state index >= 15 is 0 Å². The molecule has 2 fully saturated rings. The minimum absolute atomic E-state index is 0.110. The van der Waals surface area contributed by atoms with Gasteiger partial charge >= 0.3 is 11.8 Å². The highest BCUT2D eigenvalue weighted by atomic mass is 32.1. The van der Waals surface area contributed by atoms with E-state index in [-0.39, 0.29) is 11.3 Å². The van der Waals surface area contributed by atoms with Crippen LogP contribution in [0.5, 0.6) is 0 Å². The van der Waals surface area contributed by atoms with Gasteiger partial charge in [-0.15, -0.1) is 11.3 Å². The van der Waals surface area contributed by atoms with E-state index in [0.29, 0.717) is 5.82 Å². The molecule has 170 valence electrons. The molecule has 2 heterocycles. The summed E-state index contributed by atoms with van der Waals surface area (Å²) in [5.74, 6) is -9.89. The molecule has 0 spiro atoms.